The Balaban J connectivity index is 1.67. The lowest BCUT2D eigenvalue weighted by Crippen LogP contribution is -2.31. The van der Waals surface area contributed by atoms with E-state index in [4.69, 9.17) is 5.73 Å². The summed E-state index contributed by atoms with van der Waals surface area (Å²) < 4.78 is 1.69. The molecule has 0 aliphatic carbocycles. The van der Waals surface area contributed by atoms with Crippen LogP contribution in [0, 0.1) is 0 Å². The van der Waals surface area contributed by atoms with E-state index in [9.17, 15) is 9.59 Å². The Morgan fingerprint density at radius 3 is 2.52 bits per heavy atom. The topological polar surface area (TPSA) is 115 Å². The second-order valence-corrected chi connectivity index (χ2v) is 8.11. The van der Waals surface area contributed by atoms with Crippen LogP contribution in [0.3, 0.4) is 0 Å². The van der Waals surface area contributed by atoms with Crippen molar-refractivity contribution in [1.29, 1.82) is 0 Å². The monoisotopic (exact) mass is 434 g/mol. The Labute approximate surface area is 183 Å². The van der Waals surface area contributed by atoms with Crippen LogP contribution in [0.1, 0.15) is 31.0 Å². The van der Waals surface area contributed by atoms with E-state index in [2.05, 4.69) is 32.8 Å². The van der Waals surface area contributed by atoms with Gasteiger partial charge in [-0.15, -0.1) is 5.10 Å². The Morgan fingerprint density at radius 2 is 1.87 bits per heavy atom. The maximum atomic E-state index is 12.3. The van der Waals surface area contributed by atoms with Crippen molar-refractivity contribution in [3.63, 3.8) is 0 Å². The fourth-order valence-electron chi connectivity index (χ4n) is 3.49. The van der Waals surface area contributed by atoms with Crippen LogP contribution in [-0.4, -0.2) is 26.6 Å². The van der Waals surface area contributed by atoms with Gasteiger partial charge in [-0.1, -0.05) is 54.2 Å². The first-order chi connectivity index (χ1) is 14.9. The molecule has 0 bridgehead atoms. The molecular formula is C22H22N6O2S. The first kappa shape index (κ1) is 20.7. The van der Waals surface area contributed by atoms with Crippen LogP contribution in [0.25, 0.3) is 0 Å². The molecule has 2 aromatic carbocycles. The highest BCUT2D eigenvalue weighted by Gasteiger charge is 2.33. The zero-order chi connectivity index (χ0) is 22.0. The number of nitrogens with one attached hydrogen (secondary N) is 2. The summed E-state index contributed by atoms with van der Waals surface area (Å²) in [5.41, 5.74) is 9.44. The fourth-order valence-corrected chi connectivity index (χ4v) is 4.28. The predicted octanol–water partition coefficient (Wildman–Crippen LogP) is 3.30. The quantitative estimate of drug-likeness (QED) is 0.513. The van der Waals surface area contributed by atoms with E-state index in [0.29, 0.717) is 28.1 Å². The number of carbonyl (C=O) groups excluding carboxylic acids is 2. The lowest BCUT2D eigenvalue weighted by molar-refractivity contribution is -0.115. The average molecular weight is 435 g/mol. The van der Waals surface area contributed by atoms with Gasteiger partial charge < -0.3 is 16.4 Å². The van der Waals surface area contributed by atoms with Crippen LogP contribution in [0.5, 0.6) is 0 Å². The predicted molar refractivity (Wildman–Crippen MR) is 120 cm³/mol. The molecule has 1 unspecified atom stereocenters. The third kappa shape index (κ3) is 4.46. The van der Waals surface area contributed by atoms with Crippen molar-refractivity contribution in [3.05, 3.63) is 77.0 Å². The van der Waals surface area contributed by atoms with E-state index in [1.165, 1.54) is 24.2 Å². The van der Waals surface area contributed by atoms with Crippen molar-refractivity contribution in [2.24, 2.45) is 5.73 Å². The van der Waals surface area contributed by atoms with E-state index in [1.807, 2.05) is 30.3 Å². The molecule has 0 saturated heterocycles. The zero-order valence-corrected chi connectivity index (χ0v) is 17.9. The minimum absolute atomic E-state index is 0.151. The van der Waals surface area contributed by atoms with E-state index < -0.39 is 11.9 Å². The molecule has 158 valence electrons. The van der Waals surface area contributed by atoms with Crippen LogP contribution in [0.15, 0.2) is 71.0 Å². The number of thioether (sulfide) groups is 1. The second-order valence-electron chi connectivity index (χ2n) is 7.17. The number of fused-ring (bicyclic) bond motifs is 1. The number of hydrogen-bond donors (Lipinski definition) is 3. The van der Waals surface area contributed by atoms with Crippen molar-refractivity contribution >= 4 is 35.2 Å². The summed E-state index contributed by atoms with van der Waals surface area (Å²) in [6.07, 6.45) is 0. The molecular weight excluding hydrogens is 412 g/mol. The van der Waals surface area contributed by atoms with Crippen molar-refractivity contribution in [2.75, 3.05) is 10.6 Å². The number of nitrogens with zero attached hydrogens (tertiary/aromatic N) is 3. The van der Waals surface area contributed by atoms with Crippen LogP contribution in [0.2, 0.25) is 0 Å². The molecule has 4 rings (SSSR count). The zero-order valence-electron chi connectivity index (χ0n) is 17.1. The number of nitrogens with two attached hydrogens (primary N) is 1. The summed E-state index contributed by atoms with van der Waals surface area (Å²) in [4.78, 5) is 28.2. The molecule has 31 heavy (non-hydrogen) atoms. The number of aromatic nitrogens is 3. The van der Waals surface area contributed by atoms with Gasteiger partial charge in [0.2, 0.25) is 22.9 Å². The molecule has 0 fully saturated rings. The SMILES string of the molecule is CC(=O)Nc1ccc(C2C(C(N)=O)=C(C)Nc3nc(SCc4ccccc4)nn32)cc1. The first-order valence-electron chi connectivity index (χ1n) is 9.71. The molecule has 0 radical (unpaired) electrons. The highest BCUT2D eigenvalue weighted by molar-refractivity contribution is 7.98. The number of anilines is 2. The number of allylic oxidation sites excluding steroid dienone is 1. The fraction of sp³-hybridized carbons (Fsp3) is 0.182. The molecule has 8 nitrogen and oxygen atoms in total. The Morgan fingerprint density at radius 1 is 1.16 bits per heavy atom. The van der Waals surface area contributed by atoms with Gasteiger partial charge in [-0.2, -0.15) is 4.98 Å². The molecule has 0 spiro atoms. The molecule has 4 N–H and O–H groups in total. The minimum atomic E-state index is -0.527. The van der Waals surface area contributed by atoms with Crippen molar-refractivity contribution in [1.82, 2.24) is 14.8 Å². The number of rotatable bonds is 6. The summed E-state index contributed by atoms with van der Waals surface area (Å²) >= 11 is 1.52. The van der Waals surface area contributed by atoms with E-state index >= 15 is 0 Å². The number of amides is 2. The standard InChI is InChI=1S/C22H22N6O2S/c1-13-18(20(23)30)19(16-8-10-17(11-9-16)25-14(2)29)28-21(24-13)26-22(27-28)31-12-15-6-4-3-5-7-15/h3-11,19H,12H2,1-2H3,(H2,23,30)(H,25,29)(H,24,26,27). The van der Waals surface area contributed by atoms with Crippen molar-refractivity contribution < 1.29 is 9.59 Å². The molecule has 3 aromatic rings. The molecule has 0 saturated carbocycles. The Hall–Kier alpha value is -3.59. The molecule has 2 amide bonds. The van der Waals surface area contributed by atoms with Crippen molar-refractivity contribution in [2.45, 2.75) is 30.8 Å². The van der Waals surface area contributed by atoms with Gasteiger partial charge in [0.25, 0.3) is 0 Å². The van der Waals surface area contributed by atoms with Gasteiger partial charge in [-0.25, -0.2) is 4.68 Å². The first-order valence-corrected chi connectivity index (χ1v) is 10.7. The number of benzene rings is 2. The summed E-state index contributed by atoms with van der Waals surface area (Å²) in [6, 6.07) is 16.8. The largest absolute Gasteiger partial charge is 0.366 e. The minimum Gasteiger partial charge on any atom is -0.366 e. The Bertz CT molecular complexity index is 1150. The smallest absolute Gasteiger partial charge is 0.248 e. The number of carbonyl (C=O) groups is 2. The van der Waals surface area contributed by atoms with Crippen LogP contribution < -0.4 is 16.4 Å². The van der Waals surface area contributed by atoms with Gasteiger partial charge in [0, 0.05) is 24.1 Å². The van der Waals surface area contributed by atoms with Crippen LogP contribution in [-0.2, 0) is 15.3 Å². The van der Waals surface area contributed by atoms with Crippen molar-refractivity contribution in [3.8, 4) is 0 Å². The molecule has 2 heterocycles. The summed E-state index contributed by atoms with van der Waals surface area (Å²) in [6.45, 7) is 3.25. The molecule has 1 atom stereocenters. The van der Waals surface area contributed by atoms with E-state index in [0.717, 1.165) is 11.3 Å². The van der Waals surface area contributed by atoms with Crippen LogP contribution in [0.4, 0.5) is 11.6 Å². The van der Waals surface area contributed by atoms with Gasteiger partial charge in [0.05, 0.1) is 5.57 Å². The maximum Gasteiger partial charge on any atom is 0.248 e. The van der Waals surface area contributed by atoms with Gasteiger partial charge >= 0.3 is 0 Å². The normalized spacial score (nSPS) is 15.2. The number of primary amides is 1. The lowest BCUT2D eigenvalue weighted by Gasteiger charge is -2.27. The van der Waals surface area contributed by atoms with E-state index in [-0.39, 0.29) is 5.91 Å². The average Bonchev–Trinajstić information content (AvgIpc) is 3.14. The third-order valence-corrected chi connectivity index (χ3v) is 5.76. The summed E-state index contributed by atoms with van der Waals surface area (Å²) in [7, 11) is 0. The van der Waals surface area contributed by atoms with Gasteiger partial charge in [0.1, 0.15) is 6.04 Å². The molecule has 1 aliphatic rings. The highest BCUT2D eigenvalue weighted by atomic mass is 32.2. The number of hydrogen-bond acceptors (Lipinski definition) is 6. The maximum absolute atomic E-state index is 12.3. The van der Waals surface area contributed by atoms with Gasteiger partial charge in [-0.3, -0.25) is 9.59 Å². The van der Waals surface area contributed by atoms with Gasteiger partial charge in [-0.05, 0) is 30.2 Å². The summed E-state index contributed by atoms with van der Waals surface area (Å²) in [5, 5.41) is 11.1. The molecule has 1 aromatic heterocycles. The molecule has 1 aliphatic heterocycles. The Kier molecular flexibility index (Phi) is 5.77. The van der Waals surface area contributed by atoms with E-state index in [1.54, 1.807) is 23.7 Å². The van der Waals surface area contributed by atoms with Crippen LogP contribution >= 0.6 is 11.8 Å². The second kappa shape index (κ2) is 8.65. The lowest BCUT2D eigenvalue weighted by atomic mass is 9.95. The van der Waals surface area contributed by atoms with Gasteiger partial charge in [0.15, 0.2) is 0 Å². The highest BCUT2D eigenvalue weighted by Crippen LogP contribution is 2.36. The molecule has 9 heteroatoms. The summed E-state index contributed by atoms with van der Waals surface area (Å²) in [5.74, 6) is 0.603. The third-order valence-electron chi connectivity index (χ3n) is 4.86.